The average molecular weight is 265 g/mol. The molecule has 0 atom stereocenters. The Bertz CT molecular complexity index is 262. The van der Waals surface area contributed by atoms with Gasteiger partial charge < -0.3 is 11.3 Å². The highest BCUT2D eigenvalue weighted by atomic mass is 127. The Morgan fingerprint density at radius 1 is 1.36 bits per heavy atom. The highest BCUT2D eigenvalue weighted by molar-refractivity contribution is 14.1. The maximum atomic E-state index is 10.4. The lowest BCUT2D eigenvalue weighted by atomic mass is 10.2. The van der Waals surface area contributed by atoms with Crippen LogP contribution in [0.2, 0.25) is 0 Å². The average Bonchev–Trinajstić information content (AvgIpc) is 1.88. The van der Waals surface area contributed by atoms with E-state index in [1.807, 2.05) is 28.7 Å². The molecule has 1 aromatic carbocycles. The van der Waals surface area contributed by atoms with E-state index in [0.29, 0.717) is 5.56 Å². The third-order valence-corrected chi connectivity index (χ3v) is 2.04. The van der Waals surface area contributed by atoms with Gasteiger partial charge in [-0.1, -0.05) is 12.1 Å². The van der Waals surface area contributed by atoms with Gasteiger partial charge in [0.05, 0.1) is 5.56 Å². The standard InChI is InChI=1S/C7H5IO2.H3N/c8-6-4-2-1-3-5(6)7(9)10;/h1-4H,(H,9,10);1H3. The first-order chi connectivity index (χ1) is 4.72. The topological polar surface area (TPSA) is 72.3 Å². The van der Waals surface area contributed by atoms with Crippen molar-refractivity contribution in [2.75, 3.05) is 0 Å². The van der Waals surface area contributed by atoms with E-state index >= 15 is 0 Å². The van der Waals surface area contributed by atoms with Gasteiger partial charge in [-0.15, -0.1) is 0 Å². The molecular weight excluding hydrogens is 257 g/mol. The molecule has 0 radical (unpaired) electrons. The SMILES string of the molecule is N.O=C(O)c1ccccc1I. The summed E-state index contributed by atoms with van der Waals surface area (Å²) in [7, 11) is 0. The van der Waals surface area contributed by atoms with Crippen LogP contribution in [0.3, 0.4) is 0 Å². The Hall–Kier alpha value is -0.620. The first-order valence-electron chi connectivity index (χ1n) is 2.69. The molecule has 1 aromatic rings. The minimum Gasteiger partial charge on any atom is -0.478 e. The quantitative estimate of drug-likeness (QED) is 0.764. The number of aromatic carboxylic acids is 1. The van der Waals surface area contributed by atoms with Gasteiger partial charge >= 0.3 is 5.97 Å². The fourth-order valence-electron chi connectivity index (χ4n) is 0.635. The van der Waals surface area contributed by atoms with Crippen LogP contribution in [-0.2, 0) is 0 Å². The number of hydrogen-bond acceptors (Lipinski definition) is 2. The summed E-state index contributed by atoms with van der Waals surface area (Å²) < 4.78 is 0.771. The lowest BCUT2D eigenvalue weighted by molar-refractivity contribution is 0.0696. The summed E-state index contributed by atoms with van der Waals surface area (Å²) >= 11 is 1.99. The number of carboxylic acids is 1. The van der Waals surface area contributed by atoms with Crippen molar-refractivity contribution in [3.05, 3.63) is 33.4 Å². The predicted octanol–water partition coefficient (Wildman–Crippen LogP) is 2.15. The minimum atomic E-state index is -0.870. The Morgan fingerprint density at radius 3 is 2.27 bits per heavy atom. The van der Waals surface area contributed by atoms with Crippen molar-refractivity contribution in [2.45, 2.75) is 0 Å². The zero-order chi connectivity index (χ0) is 7.56. The second-order valence-electron chi connectivity index (χ2n) is 1.78. The molecule has 11 heavy (non-hydrogen) atoms. The molecule has 0 saturated heterocycles. The first-order valence-corrected chi connectivity index (χ1v) is 3.77. The van der Waals surface area contributed by atoms with E-state index in [1.165, 1.54) is 0 Å². The number of hydrogen-bond donors (Lipinski definition) is 2. The summed E-state index contributed by atoms with van der Waals surface area (Å²) in [5.41, 5.74) is 0.364. The number of halogens is 1. The van der Waals surface area contributed by atoms with Crippen LogP contribution >= 0.6 is 22.6 Å². The molecule has 0 aliphatic heterocycles. The summed E-state index contributed by atoms with van der Waals surface area (Å²) in [4.78, 5) is 10.4. The Labute approximate surface area is 78.1 Å². The number of carbonyl (C=O) groups is 1. The fourth-order valence-corrected chi connectivity index (χ4v) is 1.25. The highest BCUT2D eigenvalue weighted by Crippen LogP contribution is 2.10. The minimum absolute atomic E-state index is 0. The van der Waals surface area contributed by atoms with Crippen LogP contribution in [0.25, 0.3) is 0 Å². The lowest BCUT2D eigenvalue weighted by Gasteiger charge is -1.94. The Kier molecular flexibility index (Phi) is 4.06. The Morgan fingerprint density at radius 2 is 1.91 bits per heavy atom. The van der Waals surface area contributed by atoms with Gasteiger partial charge in [-0.2, -0.15) is 0 Å². The van der Waals surface area contributed by atoms with Crippen molar-refractivity contribution in [3.63, 3.8) is 0 Å². The normalized spacial score (nSPS) is 8.45. The van der Waals surface area contributed by atoms with E-state index in [9.17, 15) is 4.79 Å². The van der Waals surface area contributed by atoms with E-state index in [4.69, 9.17) is 5.11 Å². The highest BCUT2D eigenvalue weighted by Gasteiger charge is 2.04. The molecule has 3 nitrogen and oxygen atoms in total. The number of carboxylic acid groups (broad SMARTS) is 1. The zero-order valence-electron chi connectivity index (χ0n) is 5.75. The maximum absolute atomic E-state index is 10.4. The zero-order valence-corrected chi connectivity index (χ0v) is 7.91. The summed E-state index contributed by atoms with van der Waals surface area (Å²) in [5, 5.41) is 8.56. The molecule has 0 aliphatic carbocycles. The van der Waals surface area contributed by atoms with Crippen LogP contribution in [0.4, 0.5) is 0 Å². The number of rotatable bonds is 1. The largest absolute Gasteiger partial charge is 0.478 e. The van der Waals surface area contributed by atoms with E-state index < -0.39 is 5.97 Å². The van der Waals surface area contributed by atoms with Gasteiger partial charge in [-0.3, -0.25) is 0 Å². The Balaban J connectivity index is 0.000001000. The van der Waals surface area contributed by atoms with Crippen molar-refractivity contribution in [2.24, 2.45) is 0 Å². The van der Waals surface area contributed by atoms with Crippen molar-refractivity contribution in [1.29, 1.82) is 0 Å². The van der Waals surface area contributed by atoms with Gasteiger partial charge in [-0.05, 0) is 34.7 Å². The monoisotopic (exact) mass is 265 g/mol. The van der Waals surface area contributed by atoms with Crippen LogP contribution in [0, 0.1) is 3.57 Å². The molecule has 4 heteroatoms. The summed E-state index contributed by atoms with van der Waals surface area (Å²) in [6.07, 6.45) is 0. The predicted molar refractivity (Wildman–Crippen MR) is 51.1 cm³/mol. The van der Waals surface area contributed by atoms with E-state index in [-0.39, 0.29) is 6.15 Å². The molecule has 1 rings (SSSR count). The van der Waals surface area contributed by atoms with Crippen molar-refractivity contribution in [1.82, 2.24) is 6.15 Å². The van der Waals surface area contributed by atoms with Gasteiger partial charge in [0, 0.05) is 3.57 Å². The van der Waals surface area contributed by atoms with E-state index in [2.05, 4.69) is 0 Å². The van der Waals surface area contributed by atoms with Crippen LogP contribution < -0.4 is 6.15 Å². The second-order valence-corrected chi connectivity index (χ2v) is 2.95. The van der Waals surface area contributed by atoms with Gasteiger partial charge in [0.25, 0.3) is 0 Å². The summed E-state index contributed by atoms with van der Waals surface area (Å²) in [5.74, 6) is -0.870. The third-order valence-electron chi connectivity index (χ3n) is 1.10. The molecule has 0 unspecified atom stereocenters. The van der Waals surface area contributed by atoms with E-state index in [0.717, 1.165) is 3.57 Å². The molecule has 0 amide bonds. The second kappa shape index (κ2) is 4.30. The van der Waals surface area contributed by atoms with Crippen molar-refractivity contribution < 1.29 is 9.90 Å². The molecular formula is C7H8INO2. The maximum Gasteiger partial charge on any atom is 0.336 e. The van der Waals surface area contributed by atoms with Crippen LogP contribution in [-0.4, -0.2) is 11.1 Å². The molecule has 0 spiro atoms. The van der Waals surface area contributed by atoms with E-state index in [1.54, 1.807) is 18.2 Å². The van der Waals surface area contributed by atoms with Crippen molar-refractivity contribution in [3.8, 4) is 0 Å². The molecule has 60 valence electrons. The fraction of sp³-hybridized carbons (Fsp3) is 0. The summed E-state index contributed by atoms with van der Waals surface area (Å²) in [6, 6.07) is 6.88. The molecule has 0 fully saturated rings. The molecule has 0 saturated carbocycles. The van der Waals surface area contributed by atoms with Gasteiger partial charge in [0.1, 0.15) is 0 Å². The van der Waals surface area contributed by atoms with Gasteiger partial charge in [-0.25, -0.2) is 4.79 Å². The first kappa shape index (κ1) is 10.4. The van der Waals surface area contributed by atoms with Gasteiger partial charge in [0.15, 0.2) is 0 Å². The molecule has 0 aliphatic rings. The van der Waals surface area contributed by atoms with Gasteiger partial charge in [0.2, 0.25) is 0 Å². The smallest absolute Gasteiger partial charge is 0.336 e. The van der Waals surface area contributed by atoms with Crippen molar-refractivity contribution >= 4 is 28.6 Å². The summed E-state index contributed by atoms with van der Waals surface area (Å²) in [6.45, 7) is 0. The molecule has 4 N–H and O–H groups in total. The lowest BCUT2D eigenvalue weighted by Crippen LogP contribution is -1.97. The van der Waals surface area contributed by atoms with Crippen LogP contribution in [0.15, 0.2) is 24.3 Å². The third kappa shape index (κ3) is 2.47. The number of benzene rings is 1. The molecule has 0 bridgehead atoms. The molecule has 0 aromatic heterocycles. The van der Waals surface area contributed by atoms with Crippen LogP contribution in [0.5, 0.6) is 0 Å². The molecule has 0 heterocycles. The van der Waals surface area contributed by atoms with Crippen LogP contribution in [0.1, 0.15) is 10.4 Å².